The zero-order valence-electron chi connectivity index (χ0n) is 9.65. The van der Waals surface area contributed by atoms with Gasteiger partial charge in [0.1, 0.15) is 0 Å². The van der Waals surface area contributed by atoms with Crippen LogP contribution in [0.25, 0.3) is 0 Å². The minimum Gasteiger partial charge on any atom is -0.467 e. The molecule has 2 rings (SSSR count). The predicted octanol–water partition coefficient (Wildman–Crippen LogP) is 0.280. The van der Waals surface area contributed by atoms with Crippen LogP contribution in [-0.4, -0.2) is 48.2 Å². The number of rotatable bonds is 3. The molecule has 2 heterocycles. The second kappa shape index (κ2) is 5.77. The van der Waals surface area contributed by atoms with E-state index in [4.69, 9.17) is 4.74 Å². The lowest BCUT2D eigenvalue weighted by Crippen LogP contribution is -2.27. The molecule has 0 saturated carbocycles. The molecule has 1 aromatic heterocycles. The third kappa shape index (κ3) is 3.15. The smallest absolute Gasteiger partial charge is 0.316 e. The number of hydrogen-bond donors (Lipinski definition) is 1. The standard InChI is InChI=1S/C11H18N4O/c1-16-11-13-7-10(8-14-11)9-15-5-2-3-12-4-6-15/h7-8,12H,2-6,9H2,1H3. The van der Waals surface area contributed by atoms with Gasteiger partial charge >= 0.3 is 6.01 Å². The van der Waals surface area contributed by atoms with Crippen molar-refractivity contribution in [2.75, 3.05) is 33.3 Å². The van der Waals surface area contributed by atoms with Crippen molar-refractivity contribution in [2.45, 2.75) is 13.0 Å². The van der Waals surface area contributed by atoms with Gasteiger partial charge in [-0.25, -0.2) is 9.97 Å². The summed E-state index contributed by atoms with van der Waals surface area (Å²) in [5.41, 5.74) is 1.14. The van der Waals surface area contributed by atoms with Crippen LogP contribution in [0.15, 0.2) is 12.4 Å². The molecule has 5 nitrogen and oxygen atoms in total. The van der Waals surface area contributed by atoms with Crippen LogP contribution in [0.3, 0.4) is 0 Å². The van der Waals surface area contributed by atoms with Crippen LogP contribution >= 0.6 is 0 Å². The number of nitrogens with one attached hydrogen (secondary N) is 1. The highest BCUT2D eigenvalue weighted by molar-refractivity contribution is 5.07. The minimum absolute atomic E-state index is 0.432. The van der Waals surface area contributed by atoms with Crippen molar-refractivity contribution in [3.63, 3.8) is 0 Å². The summed E-state index contributed by atoms with van der Waals surface area (Å²) in [7, 11) is 1.58. The molecule has 0 radical (unpaired) electrons. The second-order valence-electron chi connectivity index (χ2n) is 3.96. The summed E-state index contributed by atoms with van der Waals surface area (Å²) in [6.45, 7) is 5.34. The molecular weight excluding hydrogens is 204 g/mol. The summed E-state index contributed by atoms with van der Waals surface area (Å²) >= 11 is 0. The Morgan fingerprint density at radius 1 is 1.31 bits per heavy atom. The van der Waals surface area contributed by atoms with Crippen LogP contribution in [-0.2, 0) is 6.54 Å². The van der Waals surface area contributed by atoms with Crippen molar-refractivity contribution in [3.05, 3.63) is 18.0 Å². The van der Waals surface area contributed by atoms with E-state index in [9.17, 15) is 0 Å². The fraction of sp³-hybridized carbons (Fsp3) is 0.636. The average Bonchev–Trinajstić information content (AvgIpc) is 2.59. The third-order valence-electron chi connectivity index (χ3n) is 2.70. The lowest BCUT2D eigenvalue weighted by atomic mass is 10.3. The Bertz CT molecular complexity index is 306. The molecule has 0 bridgehead atoms. The van der Waals surface area contributed by atoms with E-state index in [0.717, 1.165) is 38.3 Å². The first-order valence-electron chi connectivity index (χ1n) is 5.66. The molecule has 0 aromatic carbocycles. The molecule has 5 heteroatoms. The Balaban J connectivity index is 1.91. The molecule has 1 aliphatic rings. The van der Waals surface area contributed by atoms with Crippen LogP contribution in [0.2, 0.25) is 0 Å². The fourth-order valence-electron chi connectivity index (χ4n) is 1.85. The summed E-state index contributed by atoms with van der Waals surface area (Å²) < 4.78 is 4.93. The topological polar surface area (TPSA) is 50.3 Å². The molecule has 1 saturated heterocycles. The van der Waals surface area contributed by atoms with Gasteiger partial charge in [0, 0.05) is 37.6 Å². The zero-order chi connectivity index (χ0) is 11.2. The van der Waals surface area contributed by atoms with Crippen molar-refractivity contribution < 1.29 is 4.74 Å². The van der Waals surface area contributed by atoms with E-state index in [1.54, 1.807) is 7.11 Å². The van der Waals surface area contributed by atoms with Gasteiger partial charge in [0.05, 0.1) is 7.11 Å². The number of methoxy groups -OCH3 is 1. The SMILES string of the molecule is COc1ncc(CN2CCCNCC2)cn1. The van der Waals surface area contributed by atoms with Gasteiger partial charge in [0.2, 0.25) is 0 Å². The van der Waals surface area contributed by atoms with Gasteiger partial charge in [-0.1, -0.05) is 0 Å². The van der Waals surface area contributed by atoms with E-state index in [1.807, 2.05) is 12.4 Å². The van der Waals surface area contributed by atoms with E-state index in [2.05, 4.69) is 20.2 Å². The maximum absolute atomic E-state index is 4.93. The summed E-state index contributed by atoms with van der Waals surface area (Å²) in [6, 6.07) is 0.432. The number of hydrogen-bond acceptors (Lipinski definition) is 5. The second-order valence-corrected chi connectivity index (χ2v) is 3.96. The van der Waals surface area contributed by atoms with Crippen LogP contribution < -0.4 is 10.1 Å². The molecule has 16 heavy (non-hydrogen) atoms. The summed E-state index contributed by atoms with van der Waals surface area (Å²) in [6.07, 6.45) is 4.88. The van der Waals surface area contributed by atoms with E-state index in [0.29, 0.717) is 6.01 Å². The lowest BCUT2D eigenvalue weighted by Gasteiger charge is -2.18. The average molecular weight is 222 g/mol. The molecule has 0 unspecified atom stereocenters. The first kappa shape index (κ1) is 11.3. The van der Waals surface area contributed by atoms with Gasteiger partial charge in [-0.3, -0.25) is 4.90 Å². The molecular formula is C11H18N4O. The Labute approximate surface area is 95.8 Å². The molecule has 1 aliphatic heterocycles. The number of aromatic nitrogens is 2. The molecule has 0 amide bonds. The molecule has 88 valence electrons. The first-order valence-corrected chi connectivity index (χ1v) is 5.66. The zero-order valence-corrected chi connectivity index (χ0v) is 9.65. The van der Waals surface area contributed by atoms with Gasteiger partial charge in [0.25, 0.3) is 0 Å². The predicted molar refractivity (Wildman–Crippen MR) is 61.3 cm³/mol. The van der Waals surface area contributed by atoms with Gasteiger partial charge < -0.3 is 10.1 Å². The fourth-order valence-corrected chi connectivity index (χ4v) is 1.85. The van der Waals surface area contributed by atoms with Crippen molar-refractivity contribution in [1.82, 2.24) is 20.2 Å². The minimum atomic E-state index is 0.432. The van der Waals surface area contributed by atoms with E-state index >= 15 is 0 Å². The van der Waals surface area contributed by atoms with Crippen molar-refractivity contribution in [3.8, 4) is 6.01 Å². The van der Waals surface area contributed by atoms with E-state index in [-0.39, 0.29) is 0 Å². The van der Waals surface area contributed by atoms with Crippen LogP contribution in [0.5, 0.6) is 6.01 Å². The van der Waals surface area contributed by atoms with E-state index < -0.39 is 0 Å². The molecule has 0 atom stereocenters. The molecule has 1 fully saturated rings. The van der Waals surface area contributed by atoms with Gasteiger partial charge in [-0.15, -0.1) is 0 Å². The highest BCUT2D eigenvalue weighted by Crippen LogP contribution is 2.06. The molecule has 0 aliphatic carbocycles. The van der Waals surface area contributed by atoms with Crippen molar-refractivity contribution >= 4 is 0 Å². The quantitative estimate of drug-likeness (QED) is 0.796. The summed E-state index contributed by atoms with van der Waals surface area (Å²) in [4.78, 5) is 10.6. The van der Waals surface area contributed by atoms with Gasteiger partial charge in [-0.05, 0) is 19.5 Å². The van der Waals surface area contributed by atoms with E-state index in [1.165, 1.54) is 6.42 Å². The van der Waals surface area contributed by atoms with Crippen LogP contribution in [0, 0.1) is 0 Å². The van der Waals surface area contributed by atoms with Crippen LogP contribution in [0.1, 0.15) is 12.0 Å². The van der Waals surface area contributed by atoms with Gasteiger partial charge in [-0.2, -0.15) is 0 Å². The number of nitrogens with zero attached hydrogens (tertiary/aromatic N) is 3. The maximum atomic E-state index is 4.93. The number of ether oxygens (including phenoxy) is 1. The summed E-state index contributed by atoms with van der Waals surface area (Å²) in [5, 5.41) is 3.39. The van der Waals surface area contributed by atoms with Crippen molar-refractivity contribution in [2.24, 2.45) is 0 Å². The largest absolute Gasteiger partial charge is 0.467 e. The third-order valence-corrected chi connectivity index (χ3v) is 2.70. The molecule has 0 spiro atoms. The maximum Gasteiger partial charge on any atom is 0.316 e. The van der Waals surface area contributed by atoms with Gasteiger partial charge in [0.15, 0.2) is 0 Å². The van der Waals surface area contributed by atoms with Crippen molar-refractivity contribution in [1.29, 1.82) is 0 Å². The first-order chi connectivity index (χ1) is 7.88. The monoisotopic (exact) mass is 222 g/mol. The van der Waals surface area contributed by atoms with Crippen LogP contribution in [0.4, 0.5) is 0 Å². The summed E-state index contributed by atoms with van der Waals surface area (Å²) in [5.74, 6) is 0. The highest BCUT2D eigenvalue weighted by Gasteiger charge is 2.09. The highest BCUT2D eigenvalue weighted by atomic mass is 16.5. The Hall–Kier alpha value is -1.20. The normalized spacial score (nSPS) is 18.1. The Morgan fingerprint density at radius 2 is 2.12 bits per heavy atom. The lowest BCUT2D eigenvalue weighted by molar-refractivity contribution is 0.283. The molecule has 1 aromatic rings. The Morgan fingerprint density at radius 3 is 2.88 bits per heavy atom. The molecule has 1 N–H and O–H groups in total. The Kier molecular flexibility index (Phi) is 4.07.